The number of nitrogens with one attached hydrogen (secondary N) is 2. The number of carbonyl (C=O) groups is 2. The molecule has 206 valence electrons. The molecule has 0 fully saturated rings. The van der Waals surface area contributed by atoms with Gasteiger partial charge in [0.2, 0.25) is 11.8 Å². The van der Waals surface area contributed by atoms with E-state index in [9.17, 15) is 19.8 Å². The van der Waals surface area contributed by atoms with Crippen LogP contribution in [0, 0.1) is 0 Å². The molecular formula is C32H34N2O4P2. The third-order valence-corrected chi connectivity index (χ3v) is 11.3. The second-order valence-electron chi connectivity index (χ2n) is 9.17. The summed E-state index contributed by atoms with van der Waals surface area (Å²) in [6, 6.07) is 40.2. The van der Waals surface area contributed by atoms with Gasteiger partial charge in [0.15, 0.2) is 12.5 Å². The monoisotopic (exact) mass is 572 g/mol. The van der Waals surface area contributed by atoms with E-state index in [-0.39, 0.29) is 12.8 Å². The van der Waals surface area contributed by atoms with Gasteiger partial charge in [-0.2, -0.15) is 0 Å². The van der Waals surface area contributed by atoms with Crippen molar-refractivity contribution in [3.63, 3.8) is 0 Å². The molecule has 0 radical (unpaired) electrons. The van der Waals surface area contributed by atoms with Gasteiger partial charge in [0.25, 0.3) is 0 Å². The fourth-order valence-electron chi connectivity index (χ4n) is 4.31. The molecule has 0 spiro atoms. The molecule has 0 saturated heterocycles. The zero-order chi connectivity index (χ0) is 28.2. The van der Waals surface area contributed by atoms with Crippen molar-refractivity contribution in [1.29, 1.82) is 0 Å². The molecular weight excluding hydrogens is 538 g/mol. The van der Waals surface area contributed by atoms with Gasteiger partial charge >= 0.3 is 0 Å². The van der Waals surface area contributed by atoms with Crippen molar-refractivity contribution >= 4 is 48.9 Å². The first kappa shape index (κ1) is 29.6. The lowest BCUT2D eigenvalue weighted by Crippen LogP contribution is -2.51. The molecule has 40 heavy (non-hydrogen) atoms. The lowest BCUT2D eigenvalue weighted by molar-refractivity contribution is -0.133. The van der Waals surface area contributed by atoms with E-state index in [1.165, 1.54) is 0 Å². The standard InChI is InChI=1S/C32H34N2O4P2/c35-29(21-23-39(25-13-5-1-6-14-25)26-15-7-2-8-16-26)33-31(37)32(38)34-30(36)22-24-40(27-17-9-3-10-18-27)28-19-11-4-12-20-28/h1-20,31-32,37-38H,21-24H2,(H,33,35)(H,34,36). The minimum Gasteiger partial charge on any atom is -0.369 e. The predicted octanol–water partition coefficient (Wildman–Crippen LogP) is 2.90. The van der Waals surface area contributed by atoms with Gasteiger partial charge in [0.05, 0.1) is 0 Å². The van der Waals surface area contributed by atoms with Crippen molar-refractivity contribution in [2.45, 2.75) is 25.3 Å². The number of aliphatic hydroxyl groups excluding tert-OH is 2. The van der Waals surface area contributed by atoms with Crippen LogP contribution in [0.3, 0.4) is 0 Å². The highest BCUT2D eigenvalue weighted by molar-refractivity contribution is 7.73. The average Bonchev–Trinajstić information content (AvgIpc) is 2.99. The van der Waals surface area contributed by atoms with Crippen LogP contribution in [0.5, 0.6) is 0 Å². The molecule has 2 atom stereocenters. The number of amides is 2. The lowest BCUT2D eigenvalue weighted by atomic mass is 10.3. The number of rotatable bonds is 13. The maximum absolute atomic E-state index is 12.7. The predicted molar refractivity (Wildman–Crippen MR) is 165 cm³/mol. The molecule has 8 heteroatoms. The summed E-state index contributed by atoms with van der Waals surface area (Å²) in [5.74, 6) is -0.784. The number of benzene rings is 4. The minimum absolute atomic E-state index is 0.172. The normalized spacial score (nSPS) is 12.6. The third-order valence-electron chi connectivity index (χ3n) is 6.31. The fourth-order valence-corrected chi connectivity index (χ4v) is 8.92. The molecule has 2 amide bonds. The smallest absolute Gasteiger partial charge is 0.222 e. The Labute approximate surface area is 238 Å². The van der Waals surface area contributed by atoms with Crippen LogP contribution in [-0.4, -0.2) is 46.8 Å². The summed E-state index contributed by atoms with van der Waals surface area (Å²) in [4.78, 5) is 25.3. The SMILES string of the molecule is O=C(CCP(c1ccccc1)c1ccccc1)NC(O)C(O)NC(=O)CCP(c1ccccc1)c1ccccc1. The van der Waals surface area contributed by atoms with E-state index in [1.54, 1.807) is 0 Å². The molecule has 4 aromatic rings. The molecule has 4 N–H and O–H groups in total. The van der Waals surface area contributed by atoms with Crippen LogP contribution in [-0.2, 0) is 9.59 Å². The van der Waals surface area contributed by atoms with Crippen LogP contribution in [0.1, 0.15) is 12.8 Å². The quantitative estimate of drug-likeness (QED) is 0.146. The molecule has 0 saturated carbocycles. The molecule has 0 aromatic heterocycles. The Morgan fingerprint density at radius 3 is 1.00 bits per heavy atom. The van der Waals surface area contributed by atoms with Crippen molar-refractivity contribution < 1.29 is 19.8 Å². The van der Waals surface area contributed by atoms with Gasteiger partial charge in [-0.25, -0.2) is 0 Å². The largest absolute Gasteiger partial charge is 0.369 e. The first-order chi connectivity index (χ1) is 19.5. The van der Waals surface area contributed by atoms with Gasteiger partial charge < -0.3 is 20.8 Å². The first-order valence-electron chi connectivity index (χ1n) is 13.2. The highest BCUT2D eigenvalue weighted by Crippen LogP contribution is 2.35. The second-order valence-corrected chi connectivity index (χ2v) is 13.8. The zero-order valence-electron chi connectivity index (χ0n) is 22.1. The zero-order valence-corrected chi connectivity index (χ0v) is 23.9. The minimum atomic E-state index is -1.61. The molecule has 0 bridgehead atoms. The molecule has 6 nitrogen and oxygen atoms in total. The van der Waals surface area contributed by atoms with Crippen molar-refractivity contribution in [3.05, 3.63) is 121 Å². The van der Waals surface area contributed by atoms with Crippen LogP contribution in [0.4, 0.5) is 0 Å². The average molecular weight is 573 g/mol. The molecule has 4 rings (SSSR count). The van der Waals surface area contributed by atoms with E-state index in [4.69, 9.17) is 0 Å². The third kappa shape index (κ3) is 8.81. The van der Waals surface area contributed by atoms with Gasteiger partial charge in [0.1, 0.15) is 0 Å². The summed E-state index contributed by atoms with van der Waals surface area (Å²) in [5.41, 5.74) is 0. The Balaban J connectivity index is 1.28. The fraction of sp³-hybridized carbons (Fsp3) is 0.188. The first-order valence-corrected chi connectivity index (χ1v) is 16.3. The van der Waals surface area contributed by atoms with E-state index in [0.29, 0.717) is 12.3 Å². The number of hydrogen-bond donors (Lipinski definition) is 4. The molecule has 0 aliphatic carbocycles. The molecule has 2 unspecified atom stereocenters. The maximum Gasteiger partial charge on any atom is 0.222 e. The van der Waals surface area contributed by atoms with E-state index in [2.05, 4.69) is 59.2 Å². The Morgan fingerprint density at radius 2 is 0.750 bits per heavy atom. The number of aliphatic hydroxyl groups is 2. The highest BCUT2D eigenvalue weighted by Gasteiger charge is 2.23. The van der Waals surface area contributed by atoms with Gasteiger partial charge in [-0.05, 0) is 49.4 Å². The van der Waals surface area contributed by atoms with Gasteiger partial charge in [0, 0.05) is 12.8 Å². The summed E-state index contributed by atoms with van der Waals surface area (Å²) >= 11 is 0. The molecule has 0 heterocycles. The van der Waals surface area contributed by atoms with Gasteiger partial charge in [-0.1, -0.05) is 121 Å². The highest BCUT2D eigenvalue weighted by atomic mass is 31.1. The Hall–Kier alpha value is -3.40. The topological polar surface area (TPSA) is 98.7 Å². The van der Waals surface area contributed by atoms with Crippen LogP contribution in [0.2, 0.25) is 0 Å². The van der Waals surface area contributed by atoms with Crippen molar-refractivity contribution in [2.24, 2.45) is 0 Å². The van der Waals surface area contributed by atoms with Crippen molar-refractivity contribution in [2.75, 3.05) is 12.3 Å². The summed E-state index contributed by atoms with van der Waals surface area (Å²) < 4.78 is 0. The lowest BCUT2D eigenvalue weighted by Gasteiger charge is -2.22. The summed E-state index contributed by atoms with van der Waals surface area (Å²) in [6.45, 7) is 0. The van der Waals surface area contributed by atoms with Crippen molar-refractivity contribution in [3.8, 4) is 0 Å². The van der Waals surface area contributed by atoms with E-state index >= 15 is 0 Å². The van der Waals surface area contributed by atoms with E-state index in [0.717, 1.165) is 21.2 Å². The summed E-state index contributed by atoms with van der Waals surface area (Å²) in [7, 11) is -1.52. The van der Waals surface area contributed by atoms with Gasteiger partial charge in [-0.15, -0.1) is 0 Å². The molecule has 0 aliphatic heterocycles. The maximum atomic E-state index is 12.7. The molecule has 0 aliphatic rings. The van der Waals surface area contributed by atoms with Crippen LogP contribution in [0.25, 0.3) is 0 Å². The Morgan fingerprint density at radius 1 is 0.500 bits per heavy atom. The van der Waals surface area contributed by atoms with Gasteiger partial charge in [-0.3, -0.25) is 9.59 Å². The second kappa shape index (κ2) is 15.4. The van der Waals surface area contributed by atoms with Crippen molar-refractivity contribution in [1.82, 2.24) is 10.6 Å². The van der Waals surface area contributed by atoms with Crippen LogP contribution < -0.4 is 31.9 Å². The number of hydrogen-bond acceptors (Lipinski definition) is 4. The Bertz CT molecular complexity index is 1140. The summed E-state index contributed by atoms with van der Waals surface area (Å²) in [5, 5.41) is 30.3. The summed E-state index contributed by atoms with van der Waals surface area (Å²) in [6.07, 6.45) is -1.70. The van der Waals surface area contributed by atoms with E-state index < -0.39 is 40.1 Å². The van der Waals surface area contributed by atoms with E-state index in [1.807, 2.05) is 72.8 Å². The molecule has 4 aromatic carbocycles. The van der Waals surface area contributed by atoms with Crippen LogP contribution >= 0.6 is 15.8 Å². The van der Waals surface area contributed by atoms with Crippen LogP contribution in [0.15, 0.2) is 121 Å². The number of carbonyl (C=O) groups excluding carboxylic acids is 2. The Kier molecular flexibility index (Phi) is 11.4.